The quantitative estimate of drug-likeness (QED) is 0.379. The molecule has 27 heavy (non-hydrogen) atoms. The molecule has 1 saturated heterocycles. The molecule has 0 aromatic rings. The lowest BCUT2D eigenvalue weighted by atomic mass is 9.90. The minimum absolute atomic E-state index is 0.0779. The summed E-state index contributed by atoms with van der Waals surface area (Å²) in [5.41, 5.74) is 0.740. The van der Waals surface area contributed by atoms with Gasteiger partial charge in [0.1, 0.15) is 0 Å². The fourth-order valence-corrected chi connectivity index (χ4v) is 7.29. The van der Waals surface area contributed by atoms with Crippen molar-refractivity contribution >= 4 is 24.1 Å². The zero-order valence-electron chi connectivity index (χ0n) is 16.9. The summed E-state index contributed by atoms with van der Waals surface area (Å²) in [4.78, 5) is 14.4. The zero-order chi connectivity index (χ0) is 20.0. The smallest absolute Gasteiger partial charge is 0.333 e. The summed E-state index contributed by atoms with van der Waals surface area (Å²) in [5.74, 6) is -0.292. The van der Waals surface area contributed by atoms with Gasteiger partial charge in [-0.3, -0.25) is 0 Å². The van der Waals surface area contributed by atoms with E-state index in [1.807, 2.05) is 13.8 Å². The van der Waals surface area contributed by atoms with Crippen LogP contribution in [0, 0.1) is 0 Å². The van der Waals surface area contributed by atoms with Crippen molar-refractivity contribution in [3.63, 3.8) is 0 Å². The van der Waals surface area contributed by atoms with Gasteiger partial charge in [-0.25, -0.2) is 13.2 Å². The molecule has 0 aromatic heterocycles. The third kappa shape index (κ3) is 4.17. The van der Waals surface area contributed by atoms with Gasteiger partial charge < -0.3 is 14.1 Å². The first-order valence-corrected chi connectivity index (χ1v) is 14.8. The van der Waals surface area contributed by atoms with E-state index in [0.717, 1.165) is 37.2 Å². The highest BCUT2D eigenvalue weighted by atomic mass is 32.2. The molecule has 3 heterocycles. The largest absolute Gasteiger partial charge is 0.447 e. The lowest BCUT2D eigenvalue weighted by Gasteiger charge is -2.42. The molecule has 0 spiro atoms. The average molecular weight is 414 g/mol. The monoisotopic (exact) mass is 413 g/mol. The van der Waals surface area contributed by atoms with Crippen molar-refractivity contribution < 1.29 is 22.4 Å². The summed E-state index contributed by atoms with van der Waals surface area (Å²) < 4.78 is 37.4. The summed E-state index contributed by atoms with van der Waals surface area (Å²) in [7, 11) is -5.24. The van der Waals surface area contributed by atoms with Gasteiger partial charge in [0, 0.05) is 19.2 Å². The Morgan fingerprint density at radius 1 is 1.33 bits per heavy atom. The first-order valence-electron chi connectivity index (χ1n) is 9.68. The van der Waals surface area contributed by atoms with Gasteiger partial charge in [-0.05, 0) is 52.8 Å². The number of hydrogen-bond donors (Lipinski definition) is 0. The Morgan fingerprint density at radius 3 is 2.48 bits per heavy atom. The van der Waals surface area contributed by atoms with E-state index in [4.69, 9.17) is 9.16 Å². The second kappa shape index (κ2) is 7.04. The standard InChI is InChI=1S/C19H31NO5SSi/c1-14-8-11-26(22,23)15(14)12-17(25-27(3,4)5)19(2)16(13-18(21)24-19)20-9-6-7-10-20/h8,13,15,17H,6-7,9-12H2,1-5H3/t15?,17-,19+/m1/s1. The Labute approximate surface area is 163 Å². The first-order chi connectivity index (χ1) is 12.4. The van der Waals surface area contributed by atoms with Crippen LogP contribution >= 0.6 is 0 Å². The van der Waals surface area contributed by atoms with Crippen LogP contribution in [-0.4, -0.2) is 63.4 Å². The Bertz CT molecular complexity index is 776. The minimum atomic E-state index is -3.22. The number of hydrogen-bond acceptors (Lipinski definition) is 6. The summed E-state index contributed by atoms with van der Waals surface area (Å²) >= 11 is 0. The topological polar surface area (TPSA) is 72.9 Å². The first kappa shape index (κ1) is 20.6. The van der Waals surface area contributed by atoms with Crippen molar-refractivity contribution in [3.8, 4) is 0 Å². The molecule has 1 unspecified atom stereocenters. The third-order valence-corrected chi connectivity index (χ3v) is 8.69. The molecule has 3 aliphatic heterocycles. The predicted octanol–water partition coefficient (Wildman–Crippen LogP) is 2.64. The second-order valence-corrected chi connectivity index (χ2v) is 15.7. The molecule has 8 heteroatoms. The fourth-order valence-electron chi connectivity index (χ4n) is 4.26. The van der Waals surface area contributed by atoms with Gasteiger partial charge in [-0.2, -0.15) is 0 Å². The molecule has 152 valence electrons. The predicted molar refractivity (Wildman–Crippen MR) is 108 cm³/mol. The van der Waals surface area contributed by atoms with E-state index in [-0.39, 0.29) is 11.7 Å². The lowest BCUT2D eigenvalue weighted by Crippen LogP contribution is -2.52. The number of carbonyl (C=O) groups excluding carboxylic acids is 1. The van der Waals surface area contributed by atoms with Crippen LogP contribution in [0.25, 0.3) is 0 Å². The van der Waals surface area contributed by atoms with Crippen LogP contribution in [0.4, 0.5) is 0 Å². The van der Waals surface area contributed by atoms with Crippen LogP contribution in [0.2, 0.25) is 19.6 Å². The van der Waals surface area contributed by atoms with E-state index in [1.165, 1.54) is 0 Å². The number of carbonyl (C=O) groups is 1. The molecule has 0 saturated carbocycles. The molecule has 0 amide bonds. The van der Waals surface area contributed by atoms with Crippen molar-refractivity contribution in [2.75, 3.05) is 18.8 Å². The number of cyclic esters (lactones) is 1. The number of esters is 1. The van der Waals surface area contributed by atoms with E-state index in [0.29, 0.717) is 6.42 Å². The molecule has 3 atom stereocenters. The minimum Gasteiger partial charge on any atom is -0.447 e. The number of rotatable bonds is 6. The normalized spacial score (nSPS) is 31.7. The number of sulfone groups is 1. The van der Waals surface area contributed by atoms with Gasteiger partial charge in [0.15, 0.2) is 23.8 Å². The van der Waals surface area contributed by atoms with E-state index < -0.39 is 35.1 Å². The molecular formula is C19H31NO5SSi. The van der Waals surface area contributed by atoms with Crippen molar-refractivity contribution in [1.82, 2.24) is 4.90 Å². The summed E-state index contributed by atoms with van der Waals surface area (Å²) in [6, 6.07) is 0. The van der Waals surface area contributed by atoms with E-state index in [9.17, 15) is 13.2 Å². The summed E-state index contributed by atoms with van der Waals surface area (Å²) in [5, 5.41) is -0.574. The number of likely N-dealkylation sites (tertiary alicyclic amines) is 1. The Hall–Kier alpha value is -1.12. The molecular weight excluding hydrogens is 382 g/mol. The molecule has 6 nitrogen and oxygen atoms in total. The van der Waals surface area contributed by atoms with Gasteiger partial charge in [0.25, 0.3) is 0 Å². The van der Waals surface area contributed by atoms with Crippen molar-refractivity contribution in [2.45, 2.75) is 69.7 Å². The van der Waals surface area contributed by atoms with E-state index >= 15 is 0 Å². The fraction of sp³-hybridized carbons (Fsp3) is 0.737. The van der Waals surface area contributed by atoms with Crippen molar-refractivity contribution in [2.24, 2.45) is 0 Å². The zero-order valence-corrected chi connectivity index (χ0v) is 18.8. The van der Waals surface area contributed by atoms with Crippen LogP contribution in [-0.2, 0) is 23.8 Å². The SMILES string of the molecule is CC1=CCS(=O)(=O)C1C[C@@H](O[Si](C)(C)C)[C@@]1(C)OC(=O)C=C1N1CCCC1. The summed E-state index contributed by atoms with van der Waals surface area (Å²) in [6.45, 7) is 11.7. The summed E-state index contributed by atoms with van der Waals surface area (Å²) in [6.07, 6.45) is 5.33. The van der Waals surface area contributed by atoms with Crippen LogP contribution in [0.5, 0.6) is 0 Å². The molecule has 0 aliphatic carbocycles. The van der Waals surface area contributed by atoms with Crippen molar-refractivity contribution in [3.05, 3.63) is 23.4 Å². The number of nitrogens with zero attached hydrogens (tertiary/aromatic N) is 1. The van der Waals surface area contributed by atoms with E-state index in [1.54, 1.807) is 12.2 Å². The van der Waals surface area contributed by atoms with Crippen LogP contribution < -0.4 is 0 Å². The van der Waals surface area contributed by atoms with Crippen LogP contribution in [0.3, 0.4) is 0 Å². The average Bonchev–Trinajstić information content (AvgIpc) is 3.21. The Balaban J connectivity index is 1.95. The molecule has 1 fully saturated rings. The van der Waals surface area contributed by atoms with Crippen LogP contribution in [0.15, 0.2) is 23.4 Å². The van der Waals surface area contributed by atoms with Gasteiger partial charge in [0.2, 0.25) is 0 Å². The lowest BCUT2D eigenvalue weighted by molar-refractivity contribution is -0.154. The maximum Gasteiger partial charge on any atom is 0.333 e. The van der Waals surface area contributed by atoms with Gasteiger partial charge in [0.05, 0.1) is 22.8 Å². The molecule has 0 N–H and O–H groups in total. The Morgan fingerprint density at radius 2 is 1.96 bits per heavy atom. The highest BCUT2D eigenvalue weighted by Gasteiger charge is 2.52. The maximum atomic E-state index is 12.6. The molecule has 3 rings (SSSR count). The molecule has 3 aliphatic rings. The molecule has 0 bridgehead atoms. The highest BCUT2D eigenvalue weighted by Crippen LogP contribution is 2.41. The highest BCUT2D eigenvalue weighted by molar-refractivity contribution is 7.92. The van der Waals surface area contributed by atoms with Gasteiger partial charge in [-0.15, -0.1) is 0 Å². The molecule has 0 radical (unpaired) electrons. The molecule has 0 aromatic carbocycles. The maximum absolute atomic E-state index is 12.6. The van der Waals surface area contributed by atoms with Crippen molar-refractivity contribution in [1.29, 1.82) is 0 Å². The van der Waals surface area contributed by atoms with Gasteiger partial charge >= 0.3 is 5.97 Å². The Kier molecular flexibility index (Phi) is 5.37. The second-order valence-electron chi connectivity index (χ2n) is 8.97. The van der Waals surface area contributed by atoms with E-state index in [2.05, 4.69) is 24.5 Å². The van der Waals surface area contributed by atoms with Crippen LogP contribution in [0.1, 0.15) is 33.1 Å². The third-order valence-electron chi connectivity index (χ3n) is 5.64. The number of ether oxygens (including phenoxy) is 1. The van der Waals surface area contributed by atoms with Gasteiger partial charge in [-0.1, -0.05) is 11.6 Å².